The van der Waals surface area contributed by atoms with E-state index in [-0.39, 0.29) is 17.5 Å². The van der Waals surface area contributed by atoms with Gasteiger partial charge in [-0.25, -0.2) is 4.39 Å². The summed E-state index contributed by atoms with van der Waals surface area (Å²) < 4.78 is 23.9. The molecule has 0 aliphatic rings. The Balaban J connectivity index is 1.86. The summed E-state index contributed by atoms with van der Waals surface area (Å²) in [5, 5.41) is 3.46. The molecule has 1 aromatic heterocycles. The minimum absolute atomic E-state index is 0.185. The average molecular weight is 299 g/mol. The number of fused-ring (bicyclic) bond motifs is 1. The molecule has 3 rings (SSSR count). The summed E-state index contributed by atoms with van der Waals surface area (Å²) >= 11 is 0. The quantitative estimate of drug-likeness (QED) is 0.790. The Morgan fingerprint density at radius 2 is 2.00 bits per heavy atom. The lowest BCUT2D eigenvalue weighted by atomic mass is 10.2. The van der Waals surface area contributed by atoms with E-state index in [0.717, 1.165) is 5.39 Å². The van der Waals surface area contributed by atoms with E-state index in [1.54, 1.807) is 44.4 Å². The normalized spacial score (nSPS) is 10.7. The van der Waals surface area contributed by atoms with Crippen LogP contribution in [0, 0.1) is 12.7 Å². The second-order valence-electron chi connectivity index (χ2n) is 4.93. The van der Waals surface area contributed by atoms with Crippen molar-refractivity contribution < 1.29 is 18.3 Å². The van der Waals surface area contributed by atoms with Gasteiger partial charge in [0.25, 0.3) is 5.91 Å². The maximum absolute atomic E-state index is 13.2. The summed E-state index contributed by atoms with van der Waals surface area (Å²) in [5.74, 6) is 0.176. The van der Waals surface area contributed by atoms with Crippen molar-refractivity contribution in [3.05, 3.63) is 59.6 Å². The Morgan fingerprint density at radius 3 is 2.73 bits per heavy atom. The van der Waals surface area contributed by atoms with Gasteiger partial charge in [0.1, 0.15) is 17.1 Å². The number of nitrogens with one attached hydrogen (secondary N) is 1. The third-order valence-electron chi connectivity index (χ3n) is 3.36. The molecule has 0 bridgehead atoms. The number of methoxy groups -OCH3 is 1. The largest absolute Gasteiger partial charge is 0.497 e. The SMILES string of the molecule is COc1ccc2oc(C(=O)Nc3ccc(F)c(C)c3)cc2c1. The molecule has 112 valence electrons. The number of benzene rings is 2. The molecule has 5 heteroatoms. The van der Waals surface area contributed by atoms with E-state index in [9.17, 15) is 9.18 Å². The molecule has 0 saturated carbocycles. The third-order valence-corrected chi connectivity index (χ3v) is 3.36. The molecule has 0 atom stereocenters. The molecular formula is C17H14FNO3. The zero-order valence-electron chi connectivity index (χ0n) is 12.1. The summed E-state index contributed by atoms with van der Waals surface area (Å²) in [6, 6.07) is 11.3. The summed E-state index contributed by atoms with van der Waals surface area (Å²) in [5.41, 5.74) is 1.58. The van der Waals surface area contributed by atoms with Crippen LogP contribution in [0.1, 0.15) is 16.1 Å². The Kier molecular flexibility index (Phi) is 3.55. The number of aryl methyl sites for hydroxylation is 1. The van der Waals surface area contributed by atoms with Crippen molar-refractivity contribution in [2.24, 2.45) is 0 Å². The number of rotatable bonds is 3. The van der Waals surface area contributed by atoms with Gasteiger partial charge in [-0.3, -0.25) is 4.79 Å². The van der Waals surface area contributed by atoms with Gasteiger partial charge in [-0.05, 0) is 55.0 Å². The number of hydrogen-bond donors (Lipinski definition) is 1. The highest BCUT2D eigenvalue weighted by Crippen LogP contribution is 2.25. The maximum atomic E-state index is 13.2. The molecule has 1 amide bonds. The van der Waals surface area contributed by atoms with Gasteiger partial charge in [-0.15, -0.1) is 0 Å². The highest BCUT2D eigenvalue weighted by Gasteiger charge is 2.13. The van der Waals surface area contributed by atoms with E-state index in [2.05, 4.69) is 5.32 Å². The average Bonchev–Trinajstić information content (AvgIpc) is 2.94. The number of amides is 1. The van der Waals surface area contributed by atoms with Crippen LogP contribution in [0.5, 0.6) is 5.75 Å². The van der Waals surface area contributed by atoms with Gasteiger partial charge in [0.15, 0.2) is 5.76 Å². The van der Waals surface area contributed by atoms with Crippen LogP contribution in [0.4, 0.5) is 10.1 Å². The molecule has 0 spiro atoms. The summed E-state index contributed by atoms with van der Waals surface area (Å²) in [4.78, 5) is 12.2. The molecule has 22 heavy (non-hydrogen) atoms. The van der Waals surface area contributed by atoms with Gasteiger partial charge in [0, 0.05) is 11.1 Å². The second kappa shape index (κ2) is 5.52. The fourth-order valence-corrected chi connectivity index (χ4v) is 2.18. The number of hydrogen-bond acceptors (Lipinski definition) is 3. The van der Waals surface area contributed by atoms with Gasteiger partial charge in [0.05, 0.1) is 7.11 Å². The fraction of sp³-hybridized carbons (Fsp3) is 0.118. The highest BCUT2D eigenvalue weighted by atomic mass is 19.1. The topological polar surface area (TPSA) is 51.5 Å². The lowest BCUT2D eigenvalue weighted by Crippen LogP contribution is -2.11. The minimum Gasteiger partial charge on any atom is -0.497 e. The van der Waals surface area contributed by atoms with Crippen LogP contribution in [0.15, 0.2) is 46.9 Å². The molecule has 0 radical (unpaired) electrons. The van der Waals surface area contributed by atoms with Crippen LogP contribution < -0.4 is 10.1 Å². The van der Waals surface area contributed by atoms with Gasteiger partial charge in [-0.1, -0.05) is 0 Å². The summed E-state index contributed by atoms with van der Waals surface area (Å²) in [6.45, 7) is 1.64. The first-order valence-corrected chi connectivity index (χ1v) is 6.72. The molecule has 0 unspecified atom stereocenters. The first-order valence-electron chi connectivity index (χ1n) is 6.72. The van der Waals surface area contributed by atoms with Crippen LogP contribution in [-0.2, 0) is 0 Å². The standard InChI is InChI=1S/C17H14FNO3/c1-10-7-12(3-5-14(10)18)19-17(20)16-9-11-8-13(21-2)4-6-15(11)22-16/h3-9H,1-2H3,(H,19,20). The van der Waals surface area contributed by atoms with Crippen molar-refractivity contribution in [2.75, 3.05) is 12.4 Å². The van der Waals surface area contributed by atoms with Crippen LogP contribution in [0.25, 0.3) is 11.0 Å². The van der Waals surface area contributed by atoms with E-state index in [0.29, 0.717) is 22.6 Å². The molecule has 1 heterocycles. The van der Waals surface area contributed by atoms with Crippen molar-refractivity contribution in [2.45, 2.75) is 6.92 Å². The third kappa shape index (κ3) is 2.65. The highest BCUT2D eigenvalue weighted by molar-refractivity contribution is 6.04. The number of furan rings is 1. The van der Waals surface area contributed by atoms with Crippen LogP contribution in [0.2, 0.25) is 0 Å². The molecule has 0 fully saturated rings. The predicted octanol–water partition coefficient (Wildman–Crippen LogP) is 4.14. The van der Waals surface area contributed by atoms with Crippen molar-refractivity contribution in [3.8, 4) is 5.75 Å². The Morgan fingerprint density at radius 1 is 1.18 bits per heavy atom. The molecule has 3 aromatic rings. The van der Waals surface area contributed by atoms with E-state index in [1.807, 2.05) is 0 Å². The number of carbonyl (C=O) groups is 1. The Labute approximate surface area is 126 Å². The number of ether oxygens (including phenoxy) is 1. The Bertz CT molecular complexity index is 854. The zero-order valence-corrected chi connectivity index (χ0v) is 12.1. The van der Waals surface area contributed by atoms with E-state index in [1.165, 1.54) is 12.1 Å². The Hall–Kier alpha value is -2.82. The van der Waals surface area contributed by atoms with Crippen molar-refractivity contribution in [3.63, 3.8) is 0 Å². The first kappa shape index (κ1) is 14.1. The lowest BCUT2D eigenvalue weighted by Gasteiger charge is -2.04. The van der Waals surface area contributed by atoms with Crippen molar-refractivity contribution >= 4 is 22.6 Å². The lowest BCUT2D eigenvalue weighted by molar-refractivity contribution is 0.0998. The van der Waals surface area contributed by atoms with E-state index >= 15 is 0 Å². The van der Waals surface area contributed by atoms with Gasteiger partial charge in [-0.2, -0.15) is 0 Å². The smallest absolute Gasteiger partial charge is 0.291 e. The summed E-state index contributed by atoms with van der Waals surface area (Å²) in [7, 11) is 1.58. The predicted molar refractivity (Wildman–Crippen MR) is 81.9 cm³/mol. The molecule has 4 nitrogen and oxygen atoms in total. The fourth-order valence-electron chi connectivity index (χ4n) is 2.18. The van der Waals surface area contributed by atoms with Gasteiger partial charge >= 0.3 is 0 Å². The van der Waals surface area contributed by atoms with Gasteiger partial charge < -0.3 is 14.5 Å². The molecular weight excluding hydrogens is 285 g/mol. The van der Waals surface area contributed by atoms with E-state index < -0.39 is 0 Å². The first-order chi connectivity index (χ1) is 10.6. The molecule has 0 aliphatic carbocycles. The number of carbonyl (C=O) groups excluding carboxylic acids is 1. The monoisotopic (exact) mass is 299 g/mol. The second-order valence-corrected chi connectivity index (χ2v) is 4.93. The van der Waals surface area contributed by atoms with Crippen molar-refractivity contribution in [1.82, 2.24) is 0 Å². The number of halogens is 1. The van der Waals surface area contributed by atoms with Crippen molar-refractivity contribution in [1.29, 1.82) is 0 Å². The molecule has 0 saturated heterocycles. The minimum atomic E-state index is -0.388. The van der Waals surface area contributed by atoms with Crippen LogP contribution >= 0.6 is 0 Å². The van der Waals surface area contributed by atoms with Gasteiger partial charge in [0.2, 0.25) is 0 Å². The van der Waals surface area contributed by atoms with Crippen LogP contribution in [0.3, 0.4) is 0 Å². The van der Waals surface area contributed by atoms with Crippen LogP contribution in [-0.4, -0.2) is 13.0 Å². The molecule has 2 aromatic carbocycles. The molecule has 0 aliphatic heterocycles. The van der Waals surface area contributed by atoms with E-state index in [4.69, 9.17) is 9.15 Å². The number of anilines is 1. The zero-order chi connectivity index (χ0) is 15.7. The summed E-state index contributed by atoms with van der Waals surface area (Å²) in [6.07, 6.45) is 0. The molecule has 1 N–H and O–H groups in total. The maximum Gasteiger partial charge on any atom is 0.291 e.